The number of hydrogen-bond donors (Lipinski definition) is 2. The number of nitrogens with one attached hydrogen (secondary N) is 1. The van der Waals surface area contributed by atoms with Crippen LogP contribution in [0.5, 0.6) is 5.75 Å². The summed E-state index contributed by atoms with van der Waals surface area (Å²) in [5.41, 5.74) is 2.49. The van der Waals surface area contributed by atoms with Gasteiger partial charge < -0.3 is 10.4 Å². The first-order valence-corrected chi connectivity index (χ1v) is 7.18. The monoisotopic (exact) mass is 270 g/mol. The van der Waals surface area contributed by atoms with Crippen LogP contribution in [0, 0.1) is 0 Å². The van der Waals surface area contributed by atoms with Crippen LogP contribution < -0.4 is 5.32 Å². The van der Waals surface area contributed by atoms with Crippen molar-refractivity contribution in [3.8, 4) is 5.75 Å². The second-order valence-corrected chi connectivity index (χ2v) is 5.09. The van der Waals surface area contributed by atoms with Crippen LogP contribution in [-0.4, -0.2) is 22.7 Å². The van der Waals surface area contributed by atoms with E-state index >= 15 is 0 Å². The molecule has 1 aromatic heterocycles. The van der Waals surface area contributed by atoms with Crippen molar-refractivity contribution in [2.24, 2.45) is 0 Å². The molecule has 1 aromatic carbocycles. The lowest BCUT2D eigenvalue weighted by Crippen LogP contribution is -2.33. The summed E-state index contributed by atoms with van der Waals surface area (Å²) in [5, 5.41) is 12.9. The van der Waals surface area contributed by atoms with E-state index in [9.17, 15) is 5.11 Å². The van der Waals surface area contributed by atoms with Gasteiger partial charge in [0.2, 0.25) is 0 Å². The van der Waals surface area contributed by atoms with Crippen molar-refractivity contribution in [1.29, 1.82) is 0 Å². The third-order valence-corrected chi connectivity index (χ3v) is 3.31. The largest absolute Gasteiger partial charge is 0.508 e. The average molecular weight is 270 g/mol. The molecule has 0 radical (unpaired) electrons. The van der Waals surface area contributed by atoms with Gasteiger partial charge in [0.05, 0.1) is 0 Å². The SMILES string of the molecule is CCCNC(Cc1ccc(O)cc1)Cc1cccnc1. The van der Waals surface area contributed by atoms with Gasteiger partial charge in [0.15, 0.2) is 0 Å². The van der Waals surface area contributed by atoms with E-state index < -0.39 is 0 Å². The lowest BCUT2D eigenvalue weighted by Gasteiger charge is -2.18. The van der Waals surface area contributed by atoms with Gasteiger partial charge in [0.25, 0.3) is 0 Å². The molecule has 0 saturated heterocycles. The van der Waals surface area contributed by atoms with E-state index in [1.165, 1.54) is 11.1 Å². The van der Waals surface area contributed by atoms with Crippen LogP contribution >= 0.6 is 0 Å². The number of nitrogens with zero attached hydrogens (tertiary/aromatic N) is 1. The smallest absolute Gasteiger partial charge is 0.115 e. The van der Waals surface area contributed by atoms with Gasteiger partial charge >= 0.3 is 0 Å². The maximum atomic E-state index is 9.34. The highest BCUT2D eigenvalue weighted by Gasteiger charge is 2.10. The van der Waals surface area contributed by atoms with Crippen LogP contribution in [-0.2, 0) is 12.8 Å². The molecular formula is C17H22N2O. The van der Waals surface area contributed by atoms with E-state index in [-0.39, 0.29) is 0 Å². The second-order valence-electron chi connectivity index (χ2n) is 5.09. The first kappa shape index (κ1) is 14.5. The summed E-state index contributed by atoms with van der Waals surface area (Å²) in [7, 11) is 0. The number of aromatic nitrogens is 1. The standard InChI is InChI=1S/C17H22N2O/c1-2-9-19-16(12-15-4-3-10-18-13-15)11-14-5-7-17(20)8-6-14/h3-8,10,13,16,19-20H,2,9,11-12H2,1H3. The topological polar surface area (TPSA) is 45.1 Å². The maximum Gasteiger partial charge on any atom is 0.115 e. The molecule has 106 valence electrons. The zero-order valence-electron chi connectivity index (χ0n) is 11.9. The third-order valence-electron chi connectivity index (χ3n) is 3.31. The Kier molecular flexibility index (Phi) is 5.56. The highest BCUT2D eigenvalue weighted by molar-refractivity contribution is 5.26. The molecule has 0 aliphatic rings. The Balaban J connectivity index is 2.01. The van der Waals surface area contributed by atoms with Crippen molar-refractivity contribution in [3.63, 3.8) is 0 Å². The number of phenols is 1. The zero-order valence-corrected chi connectivity index (χ0v) is 11.9. The predicted octanol–water partition coefficient (Wildman–Crippen LogP) is 2.94. The number of pyridine rings is 1. The normalized spacial score (nSPS) is 12.2. The van der Waals surface area contributed by atoms with Crippen molar-refractivity contribution < 1.29 is 5.11 Å². The molecule has 0 aliphatic carbocycles. The summed E-state index contributed by atoms with van der Waals surface area (Å²) in [6, 6.07) is 12.0. The molecule has 0 saturated carbocycles. The Morgan fingerprint density at radius 1 is 1.10 bits per heavy atom. The van der Waals surface area contributed by atoms with E-state index in [2.05, 4.69) is 23.3 Å². The van der Waals surface area contributed by atoms with E-state index in [0.717, 1.165) is 25.8 Å². The summed E-state index contributed by atoms with van der Waals surface area (Å²) in [5.74, 6) is 0.319. The van der Waals surface area contributed by atoms with Gasteiger partial charge in [-0.15, -0.1) is 0 Å². The molecule has 1 heterocycles. The van der Waals surface area contributed by atoms with Crippen molar-refractivity contribution in [2.75, 3.05) is 6.54 Å². The number of rotatable bonds is 7. The summed E-state index contributed by atoms with van der Waals surface area (Å²) in [6.45, 7) is 3.19. The molecule has 2 rings (SSSR count). The summed E-state index contributed by atoms with van der Waals surface area (Å²) in [4.78, 5) is 4.18. The maximum absolute atomic E-state index is 9.34. The molecule has 20 heavy (non-hydrogen) atoms. The van der Waals surface area contributed by atoms with E-state index in [0.29, 0.717) is 11.8 Å². The van der Waals surface area contributed by atoms with E-state index in [1.54, 1.807) is 18.3 Å². The molecule has 1 unspecified atom stereocenters. The lowest BCUT2D eigenvalue weighted by atomic mass is 9.99. The quantitative estimate of drug-likeness (QED) is 0.813. The minimum absolute atomic E-state index is 0.319. The van der Waals surface area contributed by atoms with Gasteiger partial charge in [-0.1, -0.05) is 25.1 Å². The highest BCUT2D eigenvalue weighted by atomic mass is 16.3. The molecule has 2 aromatic rings. The van der Waals surface area contributed by atoms with Crippen LogP contribution in [0.15, 0.2) is 48.8 Å². The lowest BCUT2D eigenvalue weighted by molar-refractivity contribution is 0.474. The Morgan fingerprint density at radius 3 is 2.50 bits per heavy atom. The van der Waals surface area contributed by atoms with Crippen LogP contribution in [0.3, 0.4) is 0 Å². The van der Waals surface area contributed by atoms with Crippen molar-refractivity contribution in [2.45, 2.75) is 32.2 Å². The van der Waals surface area contributed by atoms with E-state index in [1.807, 2.05) is 24.4 Å². The van der Waals surface area contributed by atoms with Crippen LogP contribution in [0.4, 0.5) is 0 Å². The minimum atomic E-state index is 0.319. The van der Waals surface area contributed by atoms with Crippen molar-refractivity contribution >= 4 is 0 Å². The number of aromatic hydroxyl groups is 1. The first-order chi connectivity index (χ1) is 9.78. The molecule has 1 atom stereocenters. The fraction of sp³-hybridized carbons (Fsp3) is 0.353. The molecule has 0 spiro atoms. The van der Waals surface area contributed by atoms with Gasteiger partial charge in [-0.05, 0) is 55.1 Å². The third kappa shape index (κ3) is 4.67. The summed E-state index contributed by atoms with van der Waals surface area (Å²) in [6.07, 6.45) is 6.78. The Bertz CT molecular complexity index is 496. The van der Waals surface area contributed by atoms with E-state index in [4.69, 9.17) is 0 Å². The van der Waals surface area contributed by atoms with Gasteiger partial charge in [-0.3, -0.25) is 4.98 Å². The Morgan fingerprint density at radius 2 is 1.85 bits per heavy atom. The Hall–Kier alpha value is -1.87. The molecule has 3 nitrogen and oxygen atoms in total. The average Bonchev–Trinajstić information content (AvgIpc) is 2.48. The predicted molar refractivity (Wildman–Crippen MR) is 81.8 cm³/mol. The Labute approximate surface area is 120 Å². The van der Waals surface area contributed by atoms with Gasteiger partial charge in [0, 0.05) is 18.4 Å². The zero-order chi connectivity index (χ0) is 14.2. The van der Waals surface area contributed by atoms with Gasteiger partial charge in [-0.2, -0.15) is 0 Å². The molecular weight excluding hydrogens is 248 g/mol. The van der Waals surface area contributed by atoms with Crippen molar-refractivity contribution in [1.82, 2.24) is 10.3 Å². The van der Waals surface area contributed by atoms with Crippen LogP contribution in [0.25, 0.3) is 0 Å². The molecule has 3 heteroatoms. The fourth-order valence-corrected chi connectivity index (χ4v) is 2.28. The molecule has 0 fully saturated rings. The molecule has 2 N–H and O–H groups in total. The number of phenolic OH excluding ortho intramolecular Hbond substituents is 1. The molecule has 0 aliphatic heterocycles. The summed E-state index contributed by atoms with van der Waals surface area (Å²) >= 11 is 0. The fourth-order valence-electron chi connectivity index (χ4n) is 2.28. The van der Waals surface area contributed by atoms with Crippen molar-refractivity contribution in [3.05, 3.63) is 59.9 Å². The van der Waals surface area contributed by atoms with Crippen LogP contribution in [0.2, 0.25) is 0 Å². The summed E-state index contributed by atoms with van der Waals surface area (Å²) < 4.78 is 0. The van der Waals surface area contributed by atoms with Crippen LogP contribution in [0.1, 0.15) is 24.5 Å². The minimum Gasteiger partial charge on any atom is -0.508 e. The first-order valence-electron chi connectivity index (χ1n) is 7.18. The molecule has 0 amide bonds. The molecule has 0 bridgehead atoms. The number of hydrogen-bond acceptors (Lipinski definition) is 3. The van der Waals surface area contributed by atoms with Gasteiger partial charge in [0.1, 0.15) is 5.75 Å². The highest BCUT2D eigenvalue weighted by Crippen LogP contribution is 2.13. The number of benzene rings is 1. The second kappa shape index (κ2) is 7.65. The van der Waals surface area contributed by atoms with Gasteiger partial charge in [-0.25, -0.2) is 0 Å².